The molecule has 2 aliphatic carbocycles. The Bertz CT molecular complexity index is 837. The zero-order chi connectivity index (χ0) is 16.4. The van der Waals surface area contributed by atoms with Gasteiger partial charge in [0.1, 0.15) is 0 Å². The molecular formula is C21H26N2. The molecule has 2 heteroatoms. The van der Waals surface area contributed by atoms with Crippen LogP contribution in [-0.4, -0.2) is 4.98 Å². The minimum Gasteiger partial charge on any atom is -0.448 e. The number of H-pyrrole nitrogens is 1. The van der Waals surface area contributed by atoms with Crippen molar-refractivity contribution in [2.45, 2.75) is 39.0 Å². The molecule has 0 fully saturated rings. The zero-order valence-corrected chi connectivity index (χ0v) is 14.4. The predicted molar refractivity (Wildman–Crippen MR) is 96.6 cm³/mol. The summed E-state index contributed by atoms with van der Waals surface area (Å²) >= 11 is 0. The molecule has 23 heavy (non-hydrogen) atoms. The lowest BCUT2D eigenvalue weighted by Gasteiger charge is -2.47. The first-order valence-electron chi connectivity index (χ1n) is 8.55. The van der Waals surface area contributed by atoms with Gasteiger partial charge in [-0.25, -0.2) is 0 Å². The van der Waals surface area contributed by atoms with E-state index in [0.717, 1.165) is 6.42 Å². The number of hydrogen-bond acceptors (Lipinski definition) is 0. The number of fused-ring (bicyclic) bond motifs is 2. The van der Waals surface area contributed by atoms with Gasteiger partial charge in [0.05, 0.1) is 11.1 Å². The van der Waals surface area contributed by atoms with E-state index in [2.05, 4.69) is 75.2 Å². The number of aromatic nitrogens is 1. The molecule has 2 atom stereocenters. The third-order valence-corrected chi connectivity index (χ3v) is 6.42. The molecule has 3 N–H and O–H groups in total. The summed E-state index contributed by atoms with van der Waals surface area (Å²) in [6, 6.07) is 6.67. The maximum absolute atomic E-state index is 4.15. The van der Waals surface area contributed by atoms with Gasteiger partial charge in [-0.05, 0) is 42.7 Å². The fourth-order valence-electron chi connectivity index (χ4n) is 4.95. The molecule has 0 aliphatic heterocycles. The molecule has 2 unspecified atom stereocenters. The molecule has 0 spiro atoms. The van der Waals surface area contributed by atoms with Crippen LogP contribution in [0, 0.1) is 18.4 Å². The highest BCUT2D eigenvalue weighted by Crippen LogP contribution is 2.57. The number of quaternary nitrogens is 1. The maximum atomic E-state index is 4.15. The van der Waals surface area contributed by atoms with Gasteiger partial charge in [-0.3, -0.25) is 0 Å². The number of aromatic amines is 1. The maximum Gasteiger partial charge on any atom is 0.0933 e. The molecule has 2 aromatic rings. The Morgan fingerprint density at radius 3 is 2.83 bits per heavy atom. The fourth-order valence-corrected chi connectivity index (χ4v) is 4.95. The SMILES string of the molecule is C=CC1(C)CCC2C(=C1[NH2+][CH2-])c1c[nH]c3cccc(c13)C2(C)C. The van der Waals surface area contributed by atoms with Gasteiger partial charge in [0.2, 0.25) is 0 Å². The lowest BCUT2D eigenvalue weighted by Crippen LogP contribution is -2.78. The summed E-state index contributed by atoms with van der Waals surface area (Å²) in [6.45, 7) is 11.2. The van der Waals surface area contributed by atoms with Gasteiger partial charge in [0, 0.05) is 28.2 Å². The van der Waals surface area contributed by atoms with Crippen molar-refractivity contribution in [3.05, 3.63) is 60.9 Å². The summed E-state index contributed by atoms with van der Waals surface area (Å²) in [5.41, 5.74) is 7.12. The van der Waals surface area contributed by atoms with Crippen molar-refractivity contribution in [1.29, 1.82) is 0 Å². The second kappa shape index (κ2) is 4.61. The second-order valence-electron chi connectivity index (χ2n) is 7.90. The summed E-state index contributed by atoms with van der Waals surface area (Å²) in [4.78, 5) is 3.49. The molecule has 0 radical (unpaired) electrons. The van der Waals surface area contributed by atoms with Crippen LogP contribution in [0.15, 0.2) is 42.7 Å². The quantitative estimate of drug-likeness (QED) is 0.618. The smallest absolute Gasteiger partial charge is 0.0933 e. The van der Waals surface area contributed by atoms with Crippen LogP contribution in [0.1, 0.15) is 44.7 Å². The lowest BCUT2D eigenvalue weighted by molar-refractivity contribution is -0.553. The Morgan fingerprint density at radius 1 is 1.35 bits per heavy atom. The van der Waals surface area contributed by atoms with Crippen LogP contribution in [0.4, 0.5) is 0 Å². The number of rotatable bonds is 2. The average Bonchev–Trinajstić information content (AvgIpc) is 2.97. The van der Waals surface area contributed by atoms with Crippen LogP contribution in [0.2, 0.25) is 0 Å². The van der Waals surface area contributed by atoms with E-state index in [0.29, 0.717) is 5.92 Å². The normalized spacial score (nSPS) is 28.8. The fraction of sp³-hybridized carbons (Fsp3) is 0.381. The topological polar surface area (TPSA) is 32.4 Å². The average molecular weight is 306 g/mol. The molecular weight excluding hydrogens is 280 g/mol. The van der Waals surface area contributed by atoms with E-state index in [4.69, 9.17) is 0 Å². The van der Waals surface area contributed by atoms with Gasteiger partial charge in [0.15, 0.2) is 0 Å². The third-order valence-electron chi connectivity index (χ3n) is 6.42. The van der Waals surface area contributed by atoms with E-state index in [-0.39, 0.29) is 10.8 Å². The highest BCUT2D eigenvalue weighted by molar-refractivity contribution is 5.99. The molecule has 0 saturated carbocycles. The van der Waals surface area contributed by atoms with E-state index in [1.165, 1.54) is 39.7 Å². The van der Waals surface area contributed by atoms with E-state index < -0.39 is 0 Å². The zero-order valence-electron chi connectivity index (χ0n) is 14.4. The molecule has 0 bridgehead atoms. The minimum absolute atomic E-state index is 0.0273. The molecule has 2 aliphatic rings. The van der Waals surface area contributed by atoms with Crippen molar-refractivity contribution in [2.24, 2.45) is 11.3 Å². The van der Waals surface area contributed by atoms with Crippen LogP contribution in [0.25, 0.3) is 16.5 Å². The summed E-state index contributed by atoms with van der Waals surface area (Å²) in [7, 11) is 4.15. The van der Waals surface area contributed by atoms with Crippen molar-refractivity contribution in [2.75, 3.05) is 0 Å². The van der Waals surface area contributed by atoms with E-state index in [1.54, 1.807) is 0 Å². The van der Waals surface area contributed by atoms with Crippen LogP contribution < -0.4 is 5.32 Å². The van der Waals surface area contributed by atoms with Crippen molar-refractivity contribution in [3.8, 4) is 0 Å². The van der Waals surface area contributed by atoms with Gasteiger partial charge >= 0.3 is 0 Å². The molecule has 0 saturated heterocycles. The molecule has 4 rings (SSSR count). The van der Waals surface area contributed by atoms with Gasteiger partial charge < -0.3 is 10.3 Å². The lowest BCUT2D eigenvalue weighted by atomic mass is 9.57. The second-order valence-corrected chi connectivity index (χ2v) is 7.90. The Labute approximate surface area is 138 Å². The van der Waals surface area contributed by atoms with Crippen molar-refractivity contribution in [1.82, 2.24) is 4.98 Å². The Kier molecular flexibility index (Phi) is 2.96. The molecule has 2 nitrogen and oxygen atoms in total. The third kappa shape index (κ3) is 1.73. The van der Waals surface area contributed by atoms with E-state index >= 15 is 0 Å². The summed E-state index contributed by atoms with van der Waals surface area (Å²) < 4.78 is 0. The Balaban J connectivity index is 2.14. The molecule has 0 amide bonds. The summed E-state index contributed by atoms with van der Waals surface area (Å²) in [5.74, 6) is 0.539. The van der Waals surface area contributed by atoms with Crippen LogP contribution in [-0.2, 0) is 5.41 Å². The van der Waals surface area contributed by atoms with Gasteiger partial charge in [-0.15, -0.1) is 13.6 Å². The minimum atomic E-state index is 0.0273. The molecule has 1 heterocycles. The van der Waals surface area contributed by atoms with Crippen LogP contribution in [0.3, 0.4) is 0 Å². The standard InChI is InChI=1S/C21H26N2/c1-6-21(4)11-10-15-18(19(21)22-5)13-12-23-16-9-7-8-14(17(13)16)20(15,2)3/h6-9,12,15,23H,1,5,10-11,22H2,2-4H3. The van der Waals surface area contributed by atoms with Crippen molar-refractivity contribution >= 4 is 16.5 Å². The first kappa shape index (κ1) is 14.8. The highest BCUT2D eigenvalue weighted by Gasteiger charge is 2.48. The van der Waals surface area contributed by atoms with Gasteiger partial charge in [-0.1, -0.05) is 32.1 Å². The Hall–Kier alpha value is -1.80. The summed E-state index contributed by atoms with van der Waals surface area (Å²) in [6.07, 6.45) is 6.66. The molecule has 1 aromatic carbocycles. The van der Waals surface area contributed by atoms with Crippen molar-refractivity contribution in [3.63, 3.8) is 0 Å². The molecule has 120 valence electrons. The molecule has 1 aromatic heterocycles. The first-order valence-corrected chi connectivity index (χ1v) is 8.55. The van der Waals surface area contributed by atoms with Crippen LogP contribution in [0.5, 0.6) is 0 Å². The monoisotopic (exact) mass is 306 g/mol. The Morgan fingerprint density at radius 2 is 2.13 bits per heavy atom. The predicted octanol–water partition coefficient (Wildman–Crippen LogP) is 4.13. The van der Waals surface area contributed by atoms with E-state index in [1.807, 2.05) is 0 Å². The largest absolute Gasteiger partial charge is 0.448 e. The number of nitrogens with one attached hydrogen (secondary N) is 1. The first-order chi connectivity index (χ1) is 10.9. The van der Waals surface area contributed by atoms with E-state index in [9.17, 15) is 0 Å². The number of hydrogen-bond donors (Lipinski definition) is 2. The summed E-state index contributed by atoms with van der Waals surface area (Å²) in [5, 5.41) is 3.47. The van der Waals surface area contributed by atoms with Gasteiger partial charge in [-0.2, -0.15) is 0 Å². The number of allylic oxidation sites excluding steroid dienone is 2. The highest BCUT2D eigenvalue weighted by atomic mass is 14.9. The van der Waals surface area contributed by atoms with Gasteiger partial charge in [0.25, 0.3) is 0 Å². The number of nitrogens with two attached hydrogens (primary N) is 1. The van der Waals surface area contributed by atoms with Crippen molar-refractivity contribution < 1.29 is 5.32 Å². The van der Waals surface area contributed by atoms with Crippen LogP contribution >= 0.6 is 0 Å². The number of benzene rings is 1.